The van der Waals surface area contributed by atoms with Crippen LogP contribution in [0.15, 0.2) is 34.7 Å². The van der Waals surface area contributed by atoms with E-state index in [1.807, 2.05) is 30.3 Å². The normalized spacial score (nSPS) is 16.5. The van der Waals surface area contributed by atoms with Crippen LogP contribution in [0.5, 0.6) is 0 Å². The first-order valence-corrected chi connectivity index (χ1v) is 7.80. The predicted molar refractivity (Wildman–Crippen MR) is 74.6 cm³/mol. The lowest BCUT2D eigenvalue weighted by molar-refractivity contribution is 0.0202. The maximum absolute atomic E-state index is 12.1. The highest BCUT2D eigenvalue weighted by molar-refractivity contribution is 7.79. The first-order chi connectivity index (χ1) is 10.1. The SMILES string of the molecule is CS(=O)OC1CN(C(=O)c2nnc(-c3ccccc3)o2)C1. The Morgan fingerprint density at radius 2 is 2.05 bits per heavy atom. The summed E-state index contributed by atoms with van der Waals surface area (Å²) in [6.45, 7) is 0.753. The van der Waals surface area contributed by atoms with Crippen LogP contribution in [0.3, 0.4) is 0 Å². The summed E-state index contributed by atoms with van der Waals surface area (Å²) in [4.78, 5) is 13.6. The monoisotopic (exact) mass is 307 g/mol. The summed E-state index contributed by atoms with van der Waals surface area (Å²) in [6, 6.07) is 9.23. The molecule has 1 aliphatic heterocycles. The summed E-state index contributed by atoms with van der Waals surface area (Å²) in [5, 5.41) is 7.64. The van der Waals surface area contributed by atoms with Crippen LogP contribution in [0.1, 0.15) is 10.7 Å². The Morgan fingerprint density at radius 3 is 2.71 bits per heavy atom. The molecule has 110 valence electrons. The summed E-state index contributed by atoms with van der Waals surface area (Å²) in [6.07, 6.45) is 1.26. The van der Waals surface area contributed by atoms with E-state index in [0.717, 1.165) is 5.56 Å². The number of likely N-dealkylation sites (tertiary alicyclic amines) is 1. The molecule has 1 aromatic carbocycles. The van der Waals surface area contributed by atoms with E-state index in [2.05, 4.69) is 10.2 Å². The van der Waals surface area contributed by atoms with Crippen molar-refractivity contribution in [2.24, 2.45) is 0 Å². The zero-order valence-electron chi connectivity index (χ0n) is 11.3. The highest BCUT2D eigenvalue weighted by Gasteiger charge is 2.35. The first kappa shape index (κ1) is 13.9. The van der Waals surface area contributed by atoms with Crippen LogP contribution in [0.2, 0.25) is 0 Å². The molecule has 1 amide bonds. The van der Waals surface area contributed by atoms with Gasteiger partial charge in [0, 0.05) is 11.8 Å². The summed E-state index contributed by atoms with van der Waals surface area (Å²) >= 11 is -1.33. The molecule has 7 nitrogen and oxygen atoms in total. The second kappa shape index (κ2) is 5.74. The van der Waals surface area contributed by atoms with E-state index in [0.29, 0.717) is 19.0 Å². The van der Waals surface area contributed by atoms with Gasteiger partial charge in [0.05, 0.1) is 13.1 Å². The Morgan fingerprint density at radius 1 is 1.33 bits per heavy atom. The number of carbonyl (C=O) groups excluding carboxylic acids is 1. The Balaban J connectivity index is 1.65. The quantitative estimate of drug-likeness (QED) is 0.833. The largest absolute Gasteiger partial charge is 0.412 e. The van der Waals surface area contributed by atoms with E-state index < -0.39 is 11.1 Å². The van der Waals surface area contributed by atoms with Gasteiger partial charge in [-0.15, -0.1) is 10.2 Å². The molecule has 21 heavy (non-hydrogen) atoms. The van der Waals surface area contributed by atoms with E-state index in [1.165, 1.54) is 11.2 Å². The molecule has 2 heterocycles. The van der Waals surface area contributed by atoms with Crippen molar-refractivity contribution in [1.29, 1.82) is 0 Å². The summed E-state index contributed by atoms with van der Waals surface area (Å²) in [5.41, 5.74) is 0.759. The maximum Gasteiger partial charge on any atom is 0.311 e. The molecule has 1 aliphatic rings. The molecular formula is C13H13N3O4S. The topological polar surface area (TPSA) is 85.5 Å². The number of hydrogen-bond donors (Lipinski definition) is 0. The lowest BCUT2D eigenvalue weighted by atomic mass is 10.2. The van der Waals surface area contributed by atoms with Gasteiger partial charge in [0.25, 0.3) is 0 Å². The van der Waals surface area contributed by atoms with Gasteiger partial charge in [0.2, 0.25) is 5.89 Å². The molecule has 0 N–H and O–H groups in total. The Labute approximate surface area is 123 Å². The van der Waals surface area contributed by atoms with Gasteiger partial charge in [-0.1, -0.05) is 18.2 Å². The van der Waals surface area contributed by atoms with Gasteiger partial charge in [-0.2, -0.15) is 0 Å². The van der Waals surface area contributed by atoms with Gasteiger partial charge >= 0.3 is 11.8 Å². The Hall–Kier alpha value is -2.06. The van der Waals surface area contributed by atoms with Crippen molar-refractivity contribution in [1.82, 2.24) is 15.1 Å². The van der Waals surface area contributed by atoms with Crippen LogP contribution in [-0.4, -0.2) is 50.7 Å². The van der Waals surface area contributed by atoms with Gasteiger partial charge in [0.1, 0.15) is 6.10 Å². The van der Waals surface area contributed by atoms with Crippen molar-refractivity contribution < 1.29 is 17.6 Å². The molecule has 0 radical (unpaired) electrons. The van der Waals surface area contributed by atoms with Gasteiger partial charge in [-0.3, -0.25) is 8.98 Å². The van der Waals surface area contributed by atoms with Crippen LogP contribution >= 0.6 is 0 Å². The van der Waals surface area contributed by atoms with Crippen LogP contribution < -0.4 is 0 Å². The first-order valence-electron chi connectivity index (χ1n) is 6.32. The summed E-state index contributed by atoms with van der Waals surface area (Å²) in [7, 11) is 0. The van der Waals surface area contributed by atoms with Crippen molar-refractivity contribution in [3.63, 3.8) is 0 Å². The third-order valence-corrected chi connectivity index (χ3v) is 3.58. The van der Waals surface area contributed by atoms with Gasteiger partial charge in [-0.05, 0) is 12.1 Å². The zero-order valence-corrected chi connectivity index (χ0v) is 12.1. The number of carbonyl (C=O) groups is 1. The molecule has 1 atom stereocenters. The van der Waals surface area contributed by atoms with E-state index in [9.17, 15) is 9.00 Å². The fourth-order valence-electron chi connectivity index (χ4n) is 2.00. The minimum absolute atomic E-state index is 0.0510. The molecule has 2 aromatic rings. The minimum Gasteiger partial charge on any atom is -0.412 e. The van der Waals surface area contributed by atoms with Crippen LogP contribution in [0, 0.1) is 0 Å². The van der Waals surface area contributed by atoms with Crippen LogP contribution in [-0.2, 0) is 15.3 Å². The van der Waals surface area contributed by atoms with Crippen molar-refractivity contribution >= 4 is 17.0 Å². The van der Waals surface area contributed by atoms with Gasteiger partial charge in [-0.25, -0.2) is 4.21 Å². The van der Waals surface area contributed by atoms with Crippen LogP contribution in [0.4, 0.5) is 0 Å². The number of aromatic nitrogens is 2. The highest BCUT2D eigenvalue weighted by Crippen LogP contribution is 2.20. The van der Waals surface area contributed by atoms with E-state index >= 15 is 0 Å². The second-order valence-corrected chi connectivity index (χ2v) is 5.60. The van der Waals surface area contributed by atoms with Crippen molar-refractivity contribution in [2.75, 3.05) is 19.3 Å². The number of hydrogen-bond acceptors (Lipinski definition) is 6. The smallest absolute Gasteiger partial charge is 0.311 e. The molecular weight excluding hydrogens is 294 g/mol. The molecule has 3 rings (SSSR count). The summed E-state index contributed by atoms with van der Waals surface area (Å²) < 4.78 is 21.4. The third kappa shape index (κ3) is 3.01. The predicted octanol–water partition coefficient (Wildman–Crippen LogP) is 0.871. The molecule has 8 heteroatoms. The standard InChI is InChI=1S/C13H13N3O4S/c1-21(18)20-10-7-16(8-10)13(17)12-15-14-11(19-12)9-5-3-2-4-6-9/h2-6,10H,7-8H2,1H3. The molecule has 0 saturated carbocycles. The third-order valence-electron chi connectivity index (χ3n) is 3.04. The van der Waals surface area contributed by atoms with E-state index in [-0.39, 0.29) is 17.9 Å². The van der Waals surface area contributed by atoms with Gasteiger partial charge < -0.3 is 9.32 Å². The molecule has 1 unspecified atom stereocenters. The number of rotatable bonds is 4. The average Bonchev–Trinajstić information content (AvgIpc) is 2.92. The van der Waals surface area contributed by atoms with E-state index in [1.54, 1.807) is 0 Å². The van der Waals surface area contributed by atoms with Crippen molar-refractivity contribution in [3.05, 3.63) is 36.2 Å². The fourth-order valence-corrected chi connectivity index (χ4v) is 2.50. The fraction of sp³-hybridized carbons (Fsp3) is 0.308. The van der Waals surface area contributed by atoms with Crippen LogP contribution in [0.25, 0.3) is 11.5 Å². The van der Waals surface area contributed by atoms with Gasteiger partial charge in [0.15, 0.2) is 11.1 Å². The lowest BCUT2D eigenvalue weighted by Crippen LogP contribution is -2.54. The molecule has 0 spiro atoms. The zero-order chi connectivity index (χ0) is 14.8. The van der Waals surface area contributed by atoms with Crippen molar-refractivity contribution in [2.45, 2.75) is 6.10 Å². The average molecular weight is 307 g/mol. The Bertz CT molecular complexity index is 667. The molecule has 1 aromatic heterocycles. The number of amides is 1. The highest BCUT2D eigenvalue weighted by atomic mass is 32.2. The van der Waals surface area contributed by atoms with Crippen molar-refractivity contribution in [3.8, 4) is 11.5 Å². The molecule has 0 aliphatic carbocycles. The maximum atomic E-state index is 12.1. The lowest BCUT2D eigenvalue weighted by Gasteiger charge is -2.36. The summed E-state index contributed by atoms with van der Waals surface area (Å²) in [5.74, 6) is -0.0849. The minimum atomic E-state index is -1.33. The second-order valence-electron chi connectivity index (χ2n) is 4.61. The molecule has 0 bridgehead atoms. The molecule has 1 saturated heterocycles. The Kier molecular flexibility index (Phi) is 3.80. The number of nitrogens with zero attached hydrogens (tertiary/aromatic N) is 3. The van der Waals surface area contributed by atoms with E-state index in [4.69, 9.17) is 8.60 Å². The molecule has 1 fully saturated rings. The number of benzene rings is 1.